The first-order chi connectivity index (χ1) is 14.0. The molecular formula is C19H29N5O4S. The van der Waals surface area contributed by atoms with Crippen molar-refractivity contribution in [1.29, 1.82) is 0 Å². The molecule has 3 atom stereocenters. The van der Waals surface area contributed by atoms with Crippen LogP contribution >= 0.6 is 11.8 Å². The zero-order chi connectivity index (χ0) is 20.8. The number of rotatable bonds is 8. The minimum absolute atomic E-state index is 0.0266. The fourth-order valence-corrected chi connectivity index (χ4v) is 4.61. The summed E-state index contributed by atoms with van der Waals surface area (Å²) in [6.07, 6.45) is 5.23. The van der Waals surface area contributed by atoms with Gasteiger partial charge in [0, 0.05) is 56.5 Å². The van der Waals surface area contributed by atoms with E-state index in [1.807, 2.05) is 13.2 Å². The molecule has 0 aromatic carbocycles. The average molecular weight is 424 g/mol. The third-order valence-corrected chi connectivity index (χ3v) is 6.53. The summed E-state index contributed by atoms with van der Waals surface area (Å²) in [7, 11) is 0. The van der Waals surface area contributed by atoms with Crippen molar-refractivity contribution in [2.24, 2.45) is 5.92 Å². The first-order valence-corrected chi connectivity index (χ1v) is 11.5. The van der Waals surface area contributed by atoms with Gasteiger partial charge >= 0.3 is 0 Å². The topological polar surface area (TPSA) is 117 Å². The highest BCUT2D eigenvalue weighted by Crippen LogP contribution is 2.25. The van der Waals surface area contributed by atoms with Crippen molar-refractivity contribution in [1.82, 2.24) is 25.7 Å². The number of piperidine rings is 1. The Hall–Kier alpha value is -2.10. The number of carbonyl (C=O) groups excluding carboxylic acids is 3. The van der Waals surface area contributed by atoms with Crippen molar-refractivity contribution in [3.8, 4) is 0 Å². The molecule has 3 heterocycles. The molecule has 1 aromatic heterocycles. The minimum Gasteiger partial charge on any atom is -0.356 e. The van der Waals surface area contributed by atoms with Crippen LogP contribution < -0.4 is 10.6 Å². The lowest BCUT2D eigenvalue weighted by Crippen LogP contribution is -2.44. The van der Waals surface area contributed by atoms with Crippen LogP contribution in [0.4, 0.5) is 0 Å². The molecule has 1 aromatic rings. The van der Waals surface area contributed by atoms with Gasteiger partial charge in [0.2, 0.25) is 23.6 Å². The van der Waals surface area contributed by atoms with Crippen LogP contribution in [0.3, 0.4) is 0 Å². The van der Waals surface area contributed by atoms with Crippen LogP contribution in [-0.2, 0) is 27.2 Å². The molecule has 0 bridgehead atoms. The van der Waals surface area contributed by atoms with Gasteiger partial charge in [-0.15, -0.1) is 0 Å². The van der Waals surface area contributed by atoms with E-state index in [4.69, 9.17) is 4.52 Å². The Bertz CT molecular complexity index is 740. The molecule has 3 rings (SSSR count). The number of nitrogens with one attached hydrogen (secondary N) is 2. The monoisotopic (exact) mass is 423 g/mol. The van der Waals surface area contributed by atoms with Gasteiger partial charge in [0.1, 0.15) is 0 Å². The second-order valence-corrected chi connectivity index (χ2v) is 8.62. The van der Waals surface area contributed by atoms with Crippen LogP contribution in [-0.4, -0.2) is 69.9 Å². The van der Waals surface area contributed by atoms with Crippen molar-refractivity contribution in [2.45, 2.75) is 56.7 Å². The number of likely N-dealkylation sites (tertiary alicyclic amines) is 1. The van der Waals surface area contributed by atoms with Gasteiger partial charge in [0.25, 0.3) is 0 Å². The lowest BCUT2D eigenvalue weighted by atomic mass is 9.96. The lowest BCUT2D eigenvalue weighted by molar-refractivity contribution is -0.139. The number of carbonyl (C=O) groups is 3. The summed E-state index contributed by atoms with van der Waals surface area (Å²) in [6, 6.07) is -0.0750. The molecule has 1 unspecified atom stereocenters. The molecule has 2 N–H and O–H groups in total. The van der Waals surface area contributed by atoms with Gasteiger partial charge in [-0.2, -0.15) is 16.7 Å². The molecule has 2 saturated heterocycles. The third-order valence-electron chi connectivity index (χ3n) is 5.44. The van der Waals surface area contributed by atoms with Gasteiger partial charge in [-0.3, -0.25) is 14.4 Å². The molecule has 160 valence electrons. The second-order valence-electron chi connectivity index (χ2n) is 7.54. The molecule has 0 aliphatic carbocycles. The van der Waals surface area contributed by atoms with E-state index in [0.29, 0.717) is 57.0 Å². The Morgan fingerprint density at radius 1 is 1.38 bits per heavy atom. The molecular weight excluding hydrogens is 394 g/mol. The maximum absolute atomic E-state index is 12.8. The average Bonchev–Trinajstić information content (AvgIpc) is 3.34. The summed E-state index contributed by atoms with van der Waals surface area (Å²) in [5.74, 6) is 0.925. The number of hydrogen-bond acceptors (Lipinski definition) is 7. The van der Waals surface area contributed by atoms with E-state index < -0.39 is 0 Å². The fraction of sp³-hybridized carbons (Fsp3) is 0.737. The molecule has 9 nitrogen and oxygen atoms in total. The van der Waals surface area contributed by atoms with Crippen LogP contribution in [0.25, 0.3) is 0 Å². The molecule has 3 amide bonds. The summed E-state index contributed by atoms with van der Waals surface area (Å²) in [4.78, 5) is 42.8. The molecule has 0 saturated carbocycles. The smallest absolute Gasteiger partial charge is 0.226 e. The van der Waals surface area contributed by atoms with E-state index >= 15 is 0 Å². The zero-order valence-corrected chi connectivity index (χ0v) is 17.8. The highest BCUT2D eigenvalue weighted by atomic mass is 32.2. The van der Waals surface area contributed by atoms with E-state index in [2.05, 4.69) is 20.8 Å². The first kappa shape index (κ1) is 21.6. The van der Waals surface area contributed by atoms with Crippen molar-refractivity contribution in [2.75, 3.05) is 25.9 Å². The summed E-state index contributed by atoms with van der Waals surface area (Å²) in [5.41, 5.74) is 0. The van der Waals surface area contributed by atoms with Crippen molar-refractivity contribution < 1.29 is 18.9 Å². The molecule has 2 fully saturated rings. The zero-order valence-electron chi connectivity index (χ0n) is 17.0. The van der Waals surface area contributed by atoms with Gasteiger partial charge in [-0.05, 0) is 19.1 Å². The van der Waals surface area contributed by atoms with Gasteiger partial charge in [-0.1, -0.05) is 12.1 Å². The Morgan fingerprint density at radius 3 is 2.90 bits per heavy atom. The number of thioether (sulfide) groups is 1. The Balaban J connectivity index is 1.45. The van der Waals surface area contributed by atoms with Crippen LogP contribution in [0.15, 0.2) is 4.52 Å². The van der Waals surface area contributed by atoms with Crippen LogP contribution in [0.5, 0.6) is 0 Å². The van der Waals surface area contributed by atoms with Gasteiger partial charge in [-0.25, -0.2) is 0 Å². The number of hydrogen-bond donors (Lipinski definition) is 2. The Labute approximate surface area is 174 Å². The molecule has 0 radical (unpaired) electrons. The summed E-state index contributed by atoms with van der Waals surface area (Å²) in [5, 5.41) is 9.85. The highest BCUT2D eigenvalue weighted by Gasteiger charge is 2.38. The molecule has 0 spiro atoms. The quantitative estimate of drug-likeness (QED) is 0.627. The molecule has 2 aliphatic heterocycles. The SMILES string of the molecule is CCc1noc(CCCC(=O)N[C@@H]2CN(C(=O)C3CCNC(=O)C3)C[C@H]2SC)n1. The maximum Gasteiger partial charge on any atom is 0.226 e. The number of amides is 3. The first-order valence-electron chi connectivity index (χ1n) is 10.2. The third kappa shape index (κ3) is 5.71. The number of aryl methyl sites for hydroxylation is 2. The number of aromatic nitrogens is 2. The summed E-state index contributed by atoms with van der Waals surface area (Å²) < 4.78 is 5.14. The van der Waals surface area contributed by atoms with E-state index in [-0.39, 0.29) is 41.4 Å². The number of nitrogens with zero attached hydrogens (tertiary/aromatic N) is 3. The molecule has 29 heavy (non-hydrogen) atoms. The summed E-state index contributed by atoms with van der Waals surface area (Å²) in [6.45, 7) is 3.61. The predicted molar refractivity (Wildman–Crippen MR) is 108 cm³/mol. The van der Waals surface area contributed by atoms with E-state index in [0.717, 1.165) is 6.42 Å². The van der Waals surface area contributed by atoms with Gasteiger partial charge in [0.05, 0.1) is 6.04 Å². The van der Waals surface area contributed by atoms with Crippen LogP contribution in [0.2, 0.25) is 0 Å². The van der Waals surface area contributed by atoms with Crippen LogP contribution in [0.1, 0.15) is 44.3 Å². The molecule has 2 aliphatic rings. The second kappa shape index (κ2) is 10.1. The van der Waals surface area contributed by atoms with E-state index in [9.17, 15) is 14.4 Å². The van der Waals surface area contributed by atoms with Crippen molar-refractivity contribution >= 4 is 29.5 Å². The minimum atomic E-state index is -0.247. The van der Waals surface area contributed by atoms with Gasteiger partial charge in [0.15, 0.2) is 5.82 Å². The van der Waals surface area contributed by atoms with E-state index in [1.165, 1.54) is 0 Å². The lowest BCUT2D eigenvalue weighted by Gasteiger charge is -2.26. The van der Waals surface area contributed by atoms with E-state index in [1.54, 1.807) is 16.7 Å². The maximum atomic E-state index is 12.8. The Morgan fingerprint density at radius 2 is 2.21 bits per heavy atom. The normalized spacial score (nSPS) is 24.4. The van der Waals surface area contributed by atoms with Crippen molar-refractivity contribution in [3.05, 3.63) is 11.7 Å². The standard InChI is InChI=1S/C19H29N5O4S/c1-3-15-22-18(28-23-15)6-4-5-16(25)21-13-10-24(11-14(13)29-2)19(27)12-7-8-20-17(26)9-12/h12-14H,3-11H2,1-2H3,(H,20,26)(H,21,25)/t12?,13-,14-/m1/s1. The van der Waals surface area contributed by atoms with Crippen molar-refractivity contribution in [3.63, 3.8) is 0 Å². The highest BCUT2D eigenvalue weighted by molar-refractivity contribution is 7.99. The Kier molecular flexibility index (Phi) is 7.51. The van der Waals surface area contributed by atoms with Crippen LogP contribution in [0, 0.1) is 5.92 Å². The molecule has 10 heteroatoms. The largest absolute Gasteiger partial charge is 0.356 e. The predicted octanol–water partition coefficient (Wildman–Crippen LogP) is 0.540. The summed E-state index contributed by atoms with van der Waals surface area (Å²) >= 11 is 1.66. The van der Waals surface area contributed by atoms with Gasteiger partial charge < -0.3 is 20.1 Å². The fourth-order valence-electron chi connectivity index (χ4n) is 3.80.